The minimum Gasteiger partial charge on any atom is -0.397 e. The van der Waals surface area contributed by atoms with Crippen molar-refractivity contribution in [2.75, 3.05) is 11.1 Å². The molecule has 0 aliphatic heterocycles. The van der Waals surface area contributed by atoms with Crippen LogP contribution >= 0.6 is 0 Å². The largest absolute Gasteiger partial charge is 0.397 e. The fourth-order valence-corrected chi connectivity index (χ4v) is 1.64. The molecule has 0 aromatic heterocycles. The molecule has 0 saturated carbocycles. The number of nitriles is 1. The van der Waals surface area contributed by atoms with Crippen LogP contribution in [0.5, 0.6) is 0 Å². The van der Waals surface area contributed by atoms with Crippen LogP contribution < -0.4 is 11.1 Å². The molecule has 3 N–H and O–H groups in total. The van der Waals surface area contributed by atoms with Crippen LogP contribution in [0, 0.1) is 24.1 Å². The van der Waals surface area contributed by atoms with E-state index in [-0.39, 0.29) is 5.82 Å². The number of hydrogen-bond donors (Lipinski definition) is 2. The molecule has 2 aromatic rings. The number of nitrogens with one attached hydrogen (secondary N) is 1. The van der Waals surface area contributed by atoms with Crippen molar-refractivity contribution >= 4 is 17.1 Å². The monoisotopic (exact) mass is 241 g/mol. The van der Waals surface area contributed by atoms with Gasteiger partial charge in [-0.05, 0) is 36.8 Å². The standard InChI is InChI=1S/C14H12FN3/c1-9-3-2-4-13(14(9)15)18-12-6-5-10(8-16)7-11(12)17/h2-7,18H,17H2,1H3. The molecule has 18 heavy (non-hydrogen) atoms. The number of aryl methyl sites for hydroxylation is 1. The fourth-order valence-electron chi connectivity index (χ4n) is 1.64. The Morgan fingerprint density at radius 1 is 1.22 bits per heavy atom. The summed E-state index contributed by atoms with van der Waals surface area (Å²) in [7, 11) is 0. The first kappa shape index (κ1) is 11.9. The summed E-state index contributed by atoms with van der Waals surface area (Å²) in [4.78, 5) is 0. The Balaban J connectivity index is 2.35. The Kier molecular flexibility index (Phi) is 3.16. The molecule has 0 radical (unpaired) electrons. The van der Waals surface area contributed by atoms with E-state index in [1.807, 2.05) is 6.07 Å². The molecular formula is C14H12FN3. The molecule has 90 valence electrons. The van der Waals surface area contributed by atoms with E-state index in [1.54, 1.807) is 43.3 Å². The van der Waals surface area contributed by atoms with Crippen molar-refractivity contribution in [3.8, 4) is 6.07 Å². The van der Waals surface area contributed by atoms with Crippen molar-refractivity contribution in [3.63, 3.8) is 0 Å². The van der Waals surface area contributed by atoms with Gasteiger partial charge in [0.25, 0.3) is 0 Å². The van der Waals surface area contributed by atoms with Crippen LogP contribution in [0.4, 0.5) is 21.5 Å². The Labute approximate surface area is 105 Å². The Morgan fingerprint density at radius 2 is 2.00 bits per heavy atom. The van der Waals surface area contributed by atoms with Gasteiger partial charge in [-0.25, -0.2) is 4.39 Å². The summed E-state index contributed by atoms with van der Waals surface area (Å²) in [6, 6.07) is 11.9. The molecule has 0 atom stereocenters. The lowest BCUT2D eigenvalue weighted by molar-refractivity contribution is 0.623. The van der Waals surface area contributed by atoms with E-state index in [0.29, 0.717) is 28.2 Å². The molecule has 0 saturated heterocycles. The number of halogens is 1. The van der Waals surface area contributed by atoms with Crippen molar-refractivity contribution in [2.24, 2.45) is 0 Å². The van der Waals surface area contributed by atoms with Crippen molar-refractivity contribution in [2.45, 2.75) is 6.92 Å². The average molecular weight is 241 g/mol. The molecule has 0 unspecified atom stereocenters. The highest BCUT2D eigenvalue weighted by Crippen LogP contribution is 2.26. The molecule has 0 amide bonds. The lowest BCUT2D eigenvalue weighted by Gasteiger charge is -2.11. The summed E-state index contributed by atoms with van der Waals surface area (Å²) in [5.74, 6) is -0.304. The van der Waals surface area contributed by atoms with Gasteiger partial charge in [-0.1, -0.05) is 12.1 Å². The van der Waals surface area contributed by atoms with Crippen LogP contribution in [-0.2, 0) is 0 Å². The van der Waals surface area contributed by atoms with Crippen molar-refractivity contribution in [1.29, 1.82) is 5.26 Å². The fraction of sp³-hybridized carbons (Fsp3) is 0.0714. The van der Waals surface area contributed by atoms with E-state index in [0.717, 1.165) is 0 Å². The summed E-state index contributed by atoms with van der Waals surface area (Å²) in [6.07, 6.45) is 0. The maximum Gasteiger partial charge on any atom is 0.149 e. The van der Waals surface area contributed by atoms with Gasteiger partial charge in [-0.2, -0.15) is 5.26 Å². The van der Waals surface area contributed by atoms with E-state index in [1.165, 1.54) is 0 Å². The number of nitrogen functional groups attached to an aromatic ring is 1. The van der Waals surface area contributed by atoms with Crippen molar-refractivity contribution < 1.29 is 4.39 Å². The Hall–Kier alpha value is -2.54. The van der Waals surface area contributed by atoms with Crippen LogP contribution in [0.15, 0.2) is 36.4 Å². The summed E-state index contributed by atoms with van der Waals surface area (Å²) in [5, 5.41) is 11.7. The zero-order valence-electron chi connectivity index (χ0n) is 9.87. The normalized spacial score (nSPS) is 9.83. The SMILES string of the molecule is Cc1cccc(Nc2ccc(C#N)cc2N)c1F. The second-order valence-electron chi connectivity index (χ2n) is 3.98. The number of anilines is 3. The molecule has 0 fully saturated rings. The predicted octanol–water partition coefficient (Wildman–Crippen LogP) is 3.33. The van der Waals surface area contributed by atoms with Crippen molar-refractivity contribution in [3.05, 3.63) is 53.3 Å². The van der Waals surface area contributed by atoms with Gasteiger partial charge in [0.15, 0.2) is 0 Å². The van der Waals surface area contributed by atoms with E-state index < -0.39 is 0 Å². The highest BCUT2D eigenvalue weighted by Gasteiger charge is 2.07. The first-order chi connectivity index (χ1) is 8.61. The topological polar surface area (TPSA) is 61.8 Å². The summed E-state index contributed by atoms with van der Waals surface area (Å²) in [6.45, 7) is 1.70. The van der Waals surface area contributed by atoms with Gasteiger partial charge in [-0.3, -0.25) is 0 Å². The van der Waals surface area contributed by atoms with Crippen LogP contribution in [0.25, 0.3) is 0 Å². The van der Waals surface area contributed by atoms with Gasteiger partial charge in [0, 0.05) is 0 Å². The molecule has 4 heteroatoms. The van der Waals surface area contributed by atoms with Gasteiger partial charge in [-0.15, -0.1) is 0 Å². The van der Waals surface area contributed by atoms with Crippen LogP contribution in [0.1, 0.15) is 11.1 Å². The molecule has 3 nitrogen and oxygen atoms in total. The molecule has 2 rings (SSSR count). The van der Waals surface area contributed by atoms with E-state index in [4.69, 9.17) is 11.0 Å². The highest BCUT2D eigenvalue weighted by atomic mass is 19.1. The number of nitrogens with two attached hydrogens (primary N) is 1. The van der Waals surface area contributed by atoms with Gasteiger partial charge < -0.3 is 11.1 Å². The van der Waals surface area contributed by atoms with E-state index in [9.17, 15) is 4.39 Å². The molecule has 0 spiro atoms. The first-order valence-electron chi connectivity index (χ1n) is 5.43. The van der Waals surface area contributed by atoms with E-state index in [2.05, 4.69) is 5.32 Å². The number of hydrogen-bond acceptors (Lipinski definition) is 3. The lowest BCUT2D eigenvalue weighted by atomic mass is 10.1. The first-order valence-corrected chi connectivity index (χ1v) is 5.43. The zero-order valence-corrected chi connectivity index (χ0v) is 9.87. The number of benzene rings is 2. The Bertz CT molecular complexity index is 629. The van der Waals surface area contributed by atoms with Crippen molar-refractivity contribution in [1.82, 2.24) is 0 Å². The predicted molar refractivity (Wildman–Crippen MR) is 70.0 cm³/mol. The molecule has 0 aliphatic rings. The van der Waals surface area contributed by atoms with Gasteiger partial charge in [0.05, 0.1) is 28.7 Å². The summed E-state index contributed by atoms with van der Waals surface area (Å²) >= 11 is 0. The van der Waals surface area contributed by atoms with Gasteiger partial charge >= 0.3 is 0 Å². The molecular weight excluding hydrogens is 229 g/mol. The third-order valence-electron chi connectivity index (χ3n) is 2.64. The smallest absolute Gasteiger partial charge is 0.149 e. The molecule has 0 aliphatic carbocycles. The highest BCUT2D eigenvalue weighted by molar-refractivity contribution is 5.74. The number of rotatable bonds is 2. The average Bonchev–Trinajstić information content (AvgIpc) is 2.37. The second-order valence-corrected chi connectivity index (χ2v) is 3.98. The Morgan fingerprint density at radius 3 is 2.67 bits per heavy atom. The van der Waals surface area contributed by atoms with Gasteiger partial charge in [0.2, 0.25) is 0 Å². The van der Waals surface area contributed by atoms with Gasteiger partial charge in [0.1, 0.15) is 5.82 Å². The molecule has 0 heterocycles. The maximum absolute atomic E-state index is 13.8. The second kappa shape index (κ2) is 4.76. The van der Waals surface area contributed by atoms with Crippen LogP contribution in [0.2, 0.25) is 0 Å². The molecule has 2 aromatic carbocycles. The lowest BCUT2D eigenvalue weighted by Crippen LogP contribution is -1.99. The number of nitrogens with zero attached hydrogens (tertiary/aromatic N) is 1. The van der Waals surface area contributed by atoms with E-state index >= 15 is 0 Å². The minimum absolute atomic E-state index is 0.304. The third kappa shape index (κ3) is 2.25. The maximum atomic E-state index is 13.8. The summed E-state index contributed by atoms with van der Waals surface area (Å²) in [5.41, 5.74) is 8.19. The van der Waals surface area contributed by atoms with Crippen LogP contribution in [0.3, 0.4) is 0 Å². The zero-order chi connectivity index (χ0) is 13.1. The van der Waals surface area contributed by atoms with Crippen LogP contribution in [-0.4, -0.2) is 0 Å². The minimum atomic E-state index is -0.304. The summed E-state index contributed by atoms with van der Waals surface area (Å²) < 4.78 is 13.8. The third-order valence-corrected chi connectivity index (χ3v) is 2.64. The molecule has 0 bridgehead atoms. The quantitative estimate of drug-likeness (QED) is 0.793.